The van der Waals surface area contributed by atoms with Crippen molar-refractivity contribution in [1.29, 1.82) is 0 Å². The van der Waals surface area contributed by atoms with Crippen molar-refractivity contribution < 1.29 is 9.53 Å². The minimum absolute atomic E-state index is 0.506. The van der Waals surface area contributed by atoms with Gasteiger partial charge < -0.3 is 9.64 Å². The molecule has 0 saturated carbocycles. The Morgan fingerprint density at radius 2 is 2.00 bits per heavy atom. The third kappa shape index (κ3) is 9.43. The van der Waals surface area contributed by atoms with E-state index in [2.05, 4.69) is 23.7 Å². The maximum atomic E-state index is 9.72. The van der Waals surface area contributed by atoms with E-state index in [9.17, 15) is 4.79 Å². The Bertz CT molecular complexity index is 94.1. The van der Waals surface area contributed by atoms with Gasteiger partial charge in [0.2, 0.25) is 0 Å². The summed E-state index contributed by atoms with van der Waals surface area (Å²) in [4.78, 5) is 11.9. The quantitative estimate of drug-likeness (QED) is 0.408. The maximum Gasteiger partial charge on any atom is 0.293 e. The molecule has 0 radical (unpaired) electrons. The molecule has 0 unspecified atom stereocenters. The lowest BCUT2D eigenvalue weighted by Crippen LogP contribution is -2.12. The van der Waals surface area contributed by atoms with Crippen molar-refractivity contribution in [3.8, 4) is 0 Å². The fourth-order valence-electron chi connectivity index (χ4n) is 0.838. The molecule has 0 atom stereocenters. The van der Waals surface area contributed by atoms with Gasteiger partial charge in [0.05, 0.1) is 6.61 Å². The highest BCUT2D eigenvalue weighted by atomic mass is 16.5. The SMILES string of the molecule is CN(C)CCCCCOC=O. The Hall–Kier alpha value is -0.570. The Labute approximate surface area is 68.3 Å². The number of rotatable bonds is 7. The standard InChI is InChI=1S/C8H17NO2/c1-9(2)6-4-3-5-7-11-8-10/h8H,3-7H2,1-2H3. The van der Waals surface area contributed by atoms with Crippen LogP contribution in [0, 0.1) is 0 Å². The van der Waals surface area contributed by atoms with Gasteiger partial charge in [-0.3, -0.25) is 4.79 Å². The van der Waals surface area contributed by atoms with E-state index in [1.54, 1.807) is 0 Å². The minimum atomic E-state index is 0.506. The normalized spacial score (nSPS) is 10.1. The van der Waals surface area contributed by atoms with Crippen molar-refractivity contribution in [3.05, 3.63) is 0 Å². The first-order valence-electron chi connectivity index (χ1n) is 3.97. The molecule has 0 aliphatic carbocycles. The summed E-state index contributed by atoms with van der Waals surface area (Å²) in [5.74, 6) is 0. The molecule has 0 N–H and O–H groups in total. The van der Waals surface area contributed by atoms with Crippen molar-refractivity contribution in [1.82, 2.24) is 4.90 Å². The van der Waals surface area contributed by atoms with Crippen LogP contribution in [-0.2, 0) is 9.53 Å². The first-order valence-corrected chi connectivity index (χ1v) is 3.97. The van der Waals surface area contributed by atoms with Crippen molar-refractivity contribution in [2.75, 3.05) is 27.2 Å². The van der Waals surface area contributed by atoms with Crippen LogP contribution in [0.2, 0.25) is 0 Å². The highest BCUT2D eigenvalue weighted by molar-refractivity contribution is 5.36. The summed E-state index contributed by atoms with van der Waals surface area (Å²) in [6, 6.07) is 0. The molecule has 0 aromatic heterocycles. The van der Waals surface area contributed by atoms with Crippen molar-refractivity contribution in [3.63, 3.8) is 0 Å². The molecule has 0 aliphatic rings. The molecule has 0 rings (SSSR count). The minimum Gasteiger partial charge on any atom is -0.468 e. The van der Waals surface area contributed by atoms with E-state index in [1.807, 2.05) is 0 Å². The summed E-state index contributed by atoms with van der Waals surface area (Å²) >= 11 is 0. The molecule has 0 heterocycles. The summed E-state index contributed by atoms with van der Waals surface area (Å²) in [5, 5.41) is 0. The number of ether oxygens (including phenoxy) is 1. The number of nitrogens with zero attached hydrogens (tertiary/aromatic N) is 1. The molecule has 0 amide bonds. The lowest BCUT2D eigenvalue weighted by atomic mass is 10.2. The van der Waals surface area contributed by atoms with Gasteiger partial charge in [-0.25, -0.2) is 0 Å². The molecule has 0 spiro atoms. The number of carbonyl (C=O) groups excluding carboxylic acids is 1. The predicted octanol–water partition coefficient (Wildman–Crippen LogP) is 0.891. The Morgan fingerprint density at radius 1 is 1.27 bits per heavy atom. The van der Waals surface area contributed by atoms with E-state index >= 15 is 0 Å². The van der Waals surface area contributed by atoms with Crippen LogP contribution in [0.15, 0.2) is 0 Å². The largest absolute Gasteiger partial charge is 0.468 e. The van der Waals surface area contributed by atoms with Gasteiger partial charge in [-0.2, -0.15) is 0 Å². The van der Waals surface area contributed by atoms with Crippen LogP contribution in [0.4, 0.5) is 0 Å². The van der Waals surface area contributed by atoms with E-state index in [0.29, 0.717) is 13.1 Å². The molecule has 3 nitrogen and oxygen atoms in total. The van der Waals surface area contributed by atoms with Gasteiger partial charge >= 0.3 is 0 Å². The van der Waals surface area contributed by atoms with Crippen LogP contribution < -0.4 is 0 Å². The van der Waals surface area contributed by atoms with Gasteiger partial charge in [0.15, 0.2) is 0 Å². The Balaban J connectivity index is 2.85. The van der Waals surface area contributed by atoms with Crippen molar-refractivity contribution >= 4 is 6.47 Å². The topological polar surface area (TPSA) is 29.5 Å². The van der Waals surface area contributed by atoms with Crippen LogP contribution in [0.5, 0.6) is 0 Å². The molecule has 66 valence electrons. The second kappa shape index (κ2) is 7.54. The zero-order valence-electron chi connectivity index (χ0n) is 7.38. The Morgan fingerprint density at radius 3 is 2.55 bits per heavy atom. The van der Waals surface area contributed by atoms with Crippen LogP contribution in [-0.4, -0.2) is 38.6 Å². The van der Waals surface area contributed by atoms with Crippen molar-refractivity contribution in [2.24, 2.45) is 0 Å². The fourth-order valence-corrected chi connectivity index (χ4v) is 0.838. The molecular weight excluding hydrogens is 142 g/mol. The van der Waals surface area contributed by atoms with Crippen LogP contribution in [0.1, 0.15) is 19.3 Å². The van der Waals surface area contributed by atoms with Crippen LogP contribution in [0.3, 0.4) is 0 Å². The lowest BCUT2D eigenvalue weighted by molar-refractivity contribution is -0.128. The highest BCUT2D eigenvalue weighted by Gasteiger charge is 1.90. The third-order valence-electron chi connectivity index (χ3n) is 1.44. The molecule has 0 saturated heterocycles. The smallest absolute Gasteiger partial charge is 0.293 e. The molecular formula is C8H17NO2. The summed E-state index contributed by atoms with van der Waals surface area (Å²) < 4.78 is 4.55. The summed E-state index contributed by atoms with van der Waals surface area (Å²) in [5.41, 5.74) is 0. The fraction of sp³-hybridized carbons (Fsp3) is 0.875. The van der Waals surface area contributed by atoms with Gasteiger partial charge in [-0.05, 0) is 39.9 Å². The molecule has 0 fully saturated rings. The average molecular weight is 159 g/mol. The maximum absolute atomic E-state index is 9.72. The van der Waals surface area contributed by atoms with Gasteiger partial charge in [0.1, 0.15) is 0 Å². The molecule has 0 aromatic rings. The summed E-state index contributed by atoms with van der Waals surface area (Å²) in [7, 11) is 4.11. The van der Waals surface area contributed by atoms with E-state index in [0.717, 1.165) is 19.4 Å². The zero-order valence-corrected chi connectivity index (χ0v) is 7.38. The second-order valence-corrected chi connectivity index (χ2v) is 2.83. The van der Waals surface area contributed by atoms with E-state index in [1.165, 1.54) is 6.42 Å². The van der Waals surface area contributed by atoms with Crippen LogP contribution >= 0.6 is 0 Å². The monoisotopic (exact) mass is 159 g/mol. The van der Waals surface area contributed by atoms with Gasteiger partial charge in [0.25, 0.3) is 6.47 Å². The average Bonchev–Trinajstić information content (AvgIpc) is 1.96. The first kappa shape index (κ1) is 10.4. The number of hydrogen-bond donors (Lipinski definition) is 0. The van der Waals surface area contributed by atoms with Crippen LogP contribution in [0.25, 0.3) is 0 Å². The lowest BCUT2D eigenvalue weighted by Gasteiger charge is -2.07. The summed E-state index contributed by atoms with van der Waals surface area (Å²) in [6.45, 7) is 2.18. The van der Waals surface area contributed by atoms with E-state index < -0.39 is 0 Å². The number of unbranched alkanes of at least 4 members (excludes halogenated alkanes) is 2. The summed E-state index contributed by atoms with van der Waals surface area (Å²) in [6.07, 6.45) is 3.29. The van der Waals surface area contributed by atoms with Gasteiger partial charge in [0, 0.05) is 0 Å². The number of hydrogen-bond acceptors (Lipinski definition) is 3. The highest BCUT2D eigenvalue weighted by Crippen LogP contribution is 1.95. The van der Waals surface area contributed by atoms with Gasteiger partial charge in [-0.15, -0.1) is 0 Å². The first-order chi connectivity index (χ1) is 5.27. The molecule has 11 heavy (non-hydrogen) atoms. The second-order valence-electron chi connectivity index (χ2n) is 2.83. The predicted molar refractivity (Wildman–Crippen MR) is 44.4 cm³/mol. The zero-order chi connectivity index (χ0) is 8.53. The van der Waals surface area contributed by atoms with Crippen molar-refractivity contribution in [2.45, 2.75) is 19.3 Å². The molecule has 0 aromatic carbocycles. The molecule has 0 aliphatic heterocycles. The Kier molecular flexibility index (Phi) is 7.15. The van der Waals surface area contributed by atoms with Gasteiger partial charge in [-0.1, -0.05) is 0 Å². The molecule has 3 heteroatoms. The van der Waals surface area contributed by atoms with E-state index in [4.69, 9.17) is 0 Å². The molecule has 0 bridgehead atoms. The van der Waals surface area contributed by atoms with E-state index in [-0.39, 0.29) is 0 Å². The third-order valence-corrected chi connectivity index (χ3v) is 1.44. The number of carbonyl (C=O) groups is 1.